The summed E-state index contributed by atoms with van der Waals surface area (Å²) in [4.78, 5) is 0. The van der Waals surface area contributed by atoms with Gasteiger partial charge in [-0.25, -0.2) is 0 Å². The van der Waals surface area contributed by atoms with Crippen LogP contribution in [0.4, 0.5) is 0 Å². The average Bonchev–Trinajstić information content (AvgIpc) is 2.39. The van der Waals surface area contributed by atoms with Crippen LogP contribution in [-0.4, -0.2) is 21.4 Å². The van der Waals surface area contributed by atoms with Crippen molar-refractivity contribution in [1.82, 2.24) is 0 Å². The van der Waals surface area contributed by atoms with E-state index < -0.39 is 11.2 Å². The molecule has 0 spiro atoms. The molecule has 0 saturated heterocycles. The van der Waals surface area contributed by atoms with E-state index in [9.17, 15) is 10.2 Å². The summed E-state index contributed by atoms with van der Waals surface area (Å²) in [5.74, 6) is 0.972. The van der Waals surface area contributed by atoms with Crippen molar-refractivity contribution in [1.29, 1.82) is 0 Å². The van der Waals surface area contributed by atoms with Gasteiger partial charge in [-0.1, -0.05) is 25.5 Å². The largest absolute Gasteiger partial charge is 0.390 e. The van der Waals surface area contributed by atoms with E-state index in [-0.39, 0.29) is 11.8 Å². The van der Waals surface area contributed by atoms with Crippen molar-refractivity contribution in [3.63, 3.8) is 0 Å². The highest BCUT2D eigenvalue weighted by molar-refractivity contribution is 5.16. The molecule has 0 radical (unpaired) electrons. The van der Waals surface area contributed by atoms with E-state index in [1.54, 1.807) is 0 Å². The molecule has 98 valence electrons. The molecule has 2 aliphatic rings. The Morgan fingerprint density at radius 2 is 1.82 bits per heavy atom. The fourth-order valence-corrected chi connectivity index (χ4v) is 3.67. The van der Waals surface area contributed by atoms with Gasteiger partial charge in [0, 0.05) is 0 Å². The molecule has 0 unspecified atom stereocenters. The van der Waals surface area contributed by atoms with Crippen LogP contribution in [0.5, 0.6) is 0 Å². The van der Waals surface area contributed by atoms with E-state index in [0.29, 0.717) is 5.92 Å². The van der Waals surface area contributed by atoms with Gasteiger partial charge in [-0.15, -0.1) is 0 Å². The van der Waals surface area contributed by atoms with E-state index in [1.165, 1.54) is 5.57 Å². The summed E-state index contributed by atoms with van der Waals surface area (Å²) in [6, 6.07) is 0. The normalized spacial score (nSPS) is 46.6. The summed E-state index contributed by atoms with van der Waals surface area (Å²) in [7, 11) is 0. The monoisotopic (exact) mass is 238 g/mol. The molecule has 0 aromatic heterocycles. The van der Waals surface area contributed by atoms with Crippen LogP contribution in [0.15, 0.2) is 11.6 Å². The van der Waals surface area contributed by atoms with Crippen molar-refractivity contribution in [3.05, 3.63) is 11.6 Å². The first kappa shape index (κ1) is 13.1. The lowest BCUT2D eigenvalue weighted by Crippen LogP contribution is -2.41. The Balaban J connectivity index is 2.32. The lowest BCUT2D eigenvalue weighted by Gasteiger charge is -2.35. The molecular weight excluding hydrogens is 212 g/mol. The van der Waals surface area contributed by atoms with Crippen molar-refractivity contribution < 1.29 is 10.2 Å². The SMILES string of the molecule is CC(C)C1=CC[C@](C)(O)[C@@H]2CC[C@](C)(O)[C@@H]2C1. The Morgan fingerprint density at radius 3 is 2.41 bits per heavy atom. The molecule has 0 bridgehead atoms. The highest BCUT2D eigenvalue weighted by Gasteiger charge is 2.51. The van der Waals surface area contributed by atoms with Crippen molar-refractivity contribution in [2.24, 2.45) is 17.8 Å². The van der Waals surface area contributed by atoms with Gasteiger partial charge in [-0.2, -0.15) is 0 Å². The van der Waals surface area contributed by atoms with Crippen molar-refractivity contribution in [3.8, 4) is 0 Å². The lowest BCUT2D eigenvalue weighted by atomic mass is 9.75. The number of hydrogen-bond donors (Lipinski definition) is 2. The molecule has 1 saturated carbocycles. The molecule has 0 aromatic carbocycles. The van der Waals surface area contributed by atoms with Crippen LogP contribution >= 0.6 is 0 Å². The maximum atomic E-state index is 10.6. The van der Waals surface area contributed by atoms with Crippen LogP contribution in [0, 0.1) is 17.8 Å². The number of allylic oxidation sites excluding steroid dienone is 1. The topological polar surface area (TPSA) is 40.5 Å². The summed E-state index contributed by atoms with van der Waals surface area (Å²) in [5, 5.41) is 21.1. The minimum absolute atomic E-state index is 0.216. The summed E-state index contributed by atoms with van der Waals surface area (Å²) in [5.41, 5.74) is 0.148. The van der Waals surface area contributed by atoms with Gasteiger partial charge in [0.05, 0.1) is 11.2 Å². The molecule has 2 aliphatic carbocycles. The summed E-state index contributed by atoms with van der Waals surface area (Å²) in [6.07, 6.45) is 5.66. The maximum absolute atomic E-state index is 10.6. The van der Waals surface area contributed by atoms with Gasteiger partial charge in [-0.05, 0) is 57.3 Å². The number of rotatable bonds is 1. The predicted molar refractivity (Wildman–Crippen MR) is 69.6 cm³/mol. The first-order valence-corrected chi connectivity index (χ1v) is 6.88. The summed E-state index contributed by atoms with van der Waals surface area (Å²) < 4.78 is 0. The minimum atomic E-state index is -0.651. The van der Waals surface area contributed by atoms with Gasteiger partial charge < -0.3 is 10.2 Å². The van der Waals surface area contributed by atoms with E-state index in [2.05, 4.69) is 19.9 Å². The Labute approximate surface area is 105 Å². The Bertz CT molecular complexity index is 326. The number of aliphatic hydroxyl groups is 2. The van der Waals surface area contributed by atoms with Crippen LogP contribution in [-0.2, 0) is 0 Å². The van der Waals surface area contributed by atoms with E-state index in [4.69, 9.17) is 0 Å². The molecule has 0 amide bonds. The molecule has 2 N–H and O–H groups in total. The van der Waals surface area contributed by atoms with Gasteiger partial charge in [0.2, 0.25) is 0 Å². The highest BCUT2D eigenvalue weighted by Crippen LogP contribution is 2.51. The smallest absolute Gasteiger partial charge is 0.0686 e. The molecule has 0 heterocycles. The van der Waals surface area contributed by atoms with Gasteiger partial charge in [-0.3, -0.25) is 0 Å². The average molecular weight is 238 g/mol. The Morgan fingerprint density at radius 1 is 1.18 bits per heavy atom. The predicted octanol–water partition coefficient (Wildman–Crippen LogP) is 2.89. The highest BCUT2D eigenvalue weighted by atomic mass is 16.3. The molecule has 2 rings (SSSR count). The Kier molecular flexibility index (Phi) is 3.16. The standard InChI is InChI=1S/C15H26O2/c1-10(2)11-5-7-14(3,16)12-6-8-15(4,17)13(12)9-11/h5,10,12-13,16-17H,6-9H2,1-4H3/t12-,13-,14+,15+/m1/s1. The third-order valence-corrected chi connectivity index (χ3v) is 5.02. The second-order valence-electron chi connectivity index (χ2n) is 6.81. The molecule has 4 atom stereocenters. The molecule has 1 fully saturated rings. The second-order valence-corrected chi connectivity index (χ2v) is 6.81. The number of hydrogen-bond acceptors (Lipinski definition) is 2. The third kappa shape index (κ3) is 2.30. The first-order chi connectivity index (χ1) is 7.74. The van der Waals surface area contributed by atoms with Gasteiger partial charge in [0.25, 0.3) is 0 Å². The summed E-state index contributed by atoms with van der Waals surface area (Å²) in [6.45, 7) is 8.28. The molecule has 0 aromatic rings. The first-order valence-electron chi connectivity index (χ1n) is 6.88. The molecular formula is C15H26O2. The van der Waals surface area contributed by atoms with Crippen molar-refractivity contribution in [2.45, 2.75) is 64.6 Å². The van der Waals surface area contributed by atoms with Crippen LogP contribution in [0.25, 0.3) is 0 Å². The molecule has 17 heavy (non-hydrogen) atoms. The van der Waals surface area contributed by atoms with Gasteiger partial charge in [0.15, 0.2) is 0 Å². The van der Waals surface area contributed by atoms with Crippen LogP contribution < -0.4 is 0 Å². The van der Waals surface area contributed by atoms with Crippen LogP contribution in [0.2, 0.25) is 0 Å². The number of fused-ring (bicyclic) bond motifs is 1. The Hall–Kier alpha value is -0.340. The molecule has 2 heteroatoms. The van der Waals surface area contributed by atoms with Gasteiger partial charge in [0.1, 0.15) is 0 Å². The van der Waals surface area contributed by atoms with Crippen molar-refractivity contribution >= 4 is 0 Å². The fraction of sp³-hybridized carbons (Fsp3) is 0.867. The zero-order valence-corrected chi connectivity index (χ0v) is 11.5. The maximum Gasteiger partial charge on any atom is 0.0686 e. The van der Waals surface area contributed by atoms with Crippen LogP contribution in [0.1, 0.15) is 53.4 Å². The zero-order chi connectivity index (χ0) is 12.8. The zero-order valence-electron chi connectivity index (χ0n) is 11.5. The quantitative estimate of drug-likeness (QED) is 0.690. The third-order valence-electron chi connectivity index (χ3n) is 5.02. The minimum Gasteiger partial charge on any atom is -0.390 e. The molecule has 2 nitrogen and oxygen atoms in total. The fourth-order valence-electron chi connectivity index (χ4n) is 3.67. The lowest BCUT2D eigenvalue weighted by molar-refractivity contribution is -0.0514. The van der Waals surface area contributed by atoms with Crippen LogP contribution in [0.3, 0.4) is 0 Å². The second kappa shape index (κ2) is 4.10. The molecule has 0 aliphatic heterocycles. The van der Waals surface area contributed by atoms with Crippen molar-refractivity contribution in [2.75, 3.05) is 0 Å². The van der Waals surface area contributed by atoms with Gasteiger partial charge >= 0.3 is 0 Å². The van der Waals surface area contributed by atoms with E-state index >= 15 is 0 Å². The van der Waals surface area contributed by atoms with E-state index in [0.717, 1.165) is 25.7 Å². The van der Waals surface area contributed by atoms with E-state index in [1.807, 2.05) is 13.8 Å². The summed E-state index contributed by atoms with van der Waals surface area (Å²) >= 11 is 0.